The maximum Gasteiger partial charge on any atom is 0.343 e. The van der Waals surface area contributed by atoms with Gasteiger partial charge in [0, 0.05) is 10.6 Å². The van der Waals surface area contributed by atoms with Gasteiger partial charge in [-0.25, -0.2) is 10.2 Å². The zero-order valence-electron chi connectivity index (χ0n) is 18.7. The Morgan fingerprint density at radius 2 is 1.76 bits per heavy atom. The molecule has 33 heavy (non-hydrogen) atoms. The van der Waals surface area contributed by atoms with Crippen LogP contribution < -0.4 is 14.9 Å². The second-order valence-corrected chi connectivity index (χ2v) is 8.13. The van der Waals surface area contributed by atoms with Gasteiger partial charge in [0.25, 0.3) is 5.91 Å². The van der Waals surface area contributed by atoms with E-state index >= 15 is 0 Å². The van der Waals surface area contributed by atoms with Gasteiger partial charge in [0.1, 0.15) is 11.5 Å². The Hall–Kier alpha value is -3.64. The topological polar surface area (TPSA) is 77.0 Å². The third-order valence-corrected chi connectivity index (χ3v) is 5.08. The predicted octanol–water partition coefficient (Wildman–Crippen LogP) is 5.52. The number of hydrazone groups is 1. The minimum Gasteiger partial charge on any atom is -0.483 e. The zero-order valence-corrected chi connectivity index (χ0v) is 19.4. The molecule has 7 heteroatoms. The number of rotatable bonds is 8. The smallest absolute Gasteiger partial charge is 0.343 e. The molecular formula is C26H25ClN2O4. The van der Waals surface area contributed by atoms with E-state index in [1.54, 1.807) is 48.5 Å². The Bertz CT molecular complexity index is 1160. The molecule has 6 nitrogen and oxygen atoms in total. The van der Waals surface area contributed by atoms with E-state index in [-0.39, 0.29) is 6.61 Å². The number of aryl methyl sites for hydroxylation is 1. The van der Waals surface area contributed by atoms with Crippen molar-refractivity contribution in [1.29, 1.82) is 0 Å². The van der Waals surface area contributed by atoms with Gasteiger partial charge in [-0.2, -0.15) is 5.10 Å². The highest BCUT2D eigenvalue weighted by molar-refractivity contribution is 6.30. The average Bonchev–Trinajstić information content (AvgIpc) is 2.80. The predicted molar refractivity (Wildman–Crippen MR) is 129 cm³/mol. The summed E-state index contributed by atoms with van der Waals surface area (Å²) >= 11 is 5.86. The summed E-state index contributed by atoms with van der Waals surface area (Å²) in [6, 6.07) is 19.2. The number of benzene rings is 3. The molecule has 0 aromatic heterocycles. The Balaban J connectivity index is 1.58. The van der Waals surface area contributed by atoms with E-state index in [2.05, 4.69) is 30.4 Å². The van der Waals surface area contributed by atoms with E-state index < -0.39 is 11.9 Å². The van der Waals surface area contributed by atoms with Crippen LogP contribution >= 0.6 is 11.6 Å². The van der Waals surface area contributed by atoms with E-state index in [0.717, 1.165) is 11.1 Å². The average molecular weight is 465 g/mol. The van der Waals surface area contributed by atoms with Crippen LogP contribution in [0.15, 0.2) is 71.8 Å². The minimum absolute atomic E-state index is 0.174. The fourth-order valence-electron chi connectivity index (χ4n) is 2.91. The number of para-hydroxylation sites is 1. The second kappa shape index (κ2) is 11.3. The van der Waals surface area contributed by atoms with E-state index in [0.29, 0.717) is 33.6 Å². The number of hydrogen-bond donors (Lipinski definition) is 1. The van der Waals surface area contributed by atoms with Crippen LogP contribution in [0.5, 0.6) is 11.5 Å². The Labute approximate surface area is 198 Å². The standard InChI is InChI=1S/C26H25ClN2O4/c1-17(2)20-9-8-18(3)24(14-20)32-16-25(30)29-28-15-21-6-4-5-7-23(21)33-26(31)19-10-12-22(27)13-11-19/h4-15,17H,16H2,1-3H3,(H,29,30). The molecular weight excluding hydrogens is 440 g/mol. The van der Waals surface area contributed by atoms with Gasteiger partial charge < -0.3 is 9.47 Å². The second-order valence-electron chi connectivity index (χ2n) is 7.70. The van der Waals surface area contributed by atoms with Crippen molar-refractivity contribution in [2.45, 2.75) is 26.7 Å². The summed E-state index contributed by atoms with van der Waals surface area (Å²) in [6.45, 7) is 5.95. The van der Waals surface area contributed by atoms with Crippen LogP contribution in [0.1, 0.15) is 46.8 Å². The number of nitrogens with zero attached hydrogens (tertiary/aromatic N) is 1. The molecule has 0 heterocycles. The van der Waals surface area contributed by atoms with Crippen LogP contribution in [0.3, 0.4) is 0 Å². The lowest BCUT2D eigenvalue weighted by Gasteiger charge is -2.12. The number of ether oxygens (including phenoxy) is 2. The molecule has 170 valence electrons. The van der Waals surface area contributed by atoms with Gasteiger partial charge in [0.2, 0.25) is 0 Å². The first kappa shape index (κ1) is 24.0. The molecule has 0 aliphatic heterocycles. The number of amides is 1. The molecule has 0 saturated carbocycles. The highest BCUT2D eigenvalue weighted by Crippen LogP contribution is 2.24. The normalized spacial score (nSPS) is 10.9. The Morgan fingerprint density at radius 1 is 1.03 bits per heavy atom. The number of carbonyl (C=O) groups excluding carboxylic acids is 2. The largest absolute Gasteiger partial charge is 0.483 e. The summed E-state index contributed by atoms with van der Waals surface area (Å²) in [5.41, 5.74) is 5.41. The molecule has 0 saturated heterocycles. The van der Waals surface area contributed by atoms with Crippen LogP contribution in [-0.4, -0.2) is 24.7 Å². The molecule has 0 aliphatic rings. The van der Waals surface area contributed by atoms with E-state index in [9.17, 15) is 9.59 Å². The van der Waals surface area contributed by atoms with Gasteiger partial charge >= 0.3 is 5.97 Å². The number of hydrogen-bond acceptors (Lipinski definition) is 5. The molecule has 3 rings (SSSR count). The maximum atomic E-state index is 12.4. The van der Waals surface area contributed by atoms with Crippen LogP contribution in [-0.2, 0) is 4.79 Å². The Morgan fingerprint density at radius 3 is 2.48 bits per heavy atom. The highest BCUT2D eigenvalue weighted by Gasteiger charge is 2.11. The number of nitrogens with one attached hydrogen (secondary N) is 1. The van der Waals surface area contributed by atoms with Crippen molar-refractivity contribution in [3.8, 4) is 11.5 Å². The lowest BCUT2D eigenvalue weighted by atomic mass is 10.0. The molecule has 0 aliphatic carbocycles. The van der Waals surface area contributed by atoms with E-state index in [1.165, 1.54) is 6.21 Å². The van der Waals surface area contributed by atoms with Gasteiger partial charge in [0.15, 0.2) is 6.61 Å². The third-order valence-electron chi connectivity index (χ3n) is 4.83. The molecule has 3 aromatic carbocycles. The SMILES string of the molecule is Cc1ccc(C(C)C)cc1OCC(=O)NN=Cc1ccccc1OC(=O)c1ccc(Cl)cc1. The van der Waals surface area contributed by atoms with Crippen molar-refractivity contribution < 1.29 is 19.1 Å². The quantitative estimate of drug-likeness (QED) is 0.206. The number of carbonyl (C=O) groups is 2. The fourth-order valence-corrected chi connectivity index (χ4v) is 3.03. The first-order valence-electron chi connectivity index (χ1n) is 10.5. The van der Waals surface area contributed by atoms with Crippen molar-refractivity contribution >= 4 is 29.7 Å². The van der Waals surface area contributed by atoms with Crippen LogP contribution in [0.4, 0.5) is 0 Å². The van der Waals surface area contributed by atoms with Crippen molar-refractivity contribution in [3.63, 3.8) is 0 Å². The summed E-state index contributed by atoms with van der Waals surface area (Å²) in [5, 5.41) is 4.49. The van der Waals surface area contributed by atoms with Crippen LogP contribution in [0.25, 0.3) is 0 Å². The molecule has 1 N–H and O–H groups in total. The zero-order chi connectivity index (χ0) is 23.8. The van der Waals surface area contributed by atoms with Crippen molar-refractivity contribution in [2.75, 3.05) is 6.61 Å². The van der Waals surface area contributed by atoms with Gasteiger partial charge in [0.05, 0.1) is 11.8 Å². The molecule has 0 unspecified atom stereocenters. The number of halogens is 1. The molecule has 0 bridgehead atoms. The van der Waals surface area contributed by atoms with E-state index in [1.807, 2.05) is 19.1 Å². The van der Waals surface area contributed by atoms with Gasteiger partial charge in [-0.3, -0.25) is 4.79 Å². The first-order chi connectivity index (χ1) is 15.8. The fraction of sp³-hybridized carbons (Fsp3) is 0.192. The van der Waals surface area contributed by atoms with Gasteiger partial charge in [-0.05, 0) is 66.4 Å². The summed E-state index contributed by atoms with van der Waals surface area (Å²) in [4.78, 5) is 24.5. The van der Waals surface area contributed by atoms with Crippen LogP contribution in [0, 0.1) is 6.92 Å². The lowest BCUT2D eigenvalue weighted by molar-refractivity contribution is -0.123. The summed E-state index contributed by atoms with van der Waals surface area (Å²) in [6.07, 6.45) is 1.41. The van der Waals surface area contributed by atoms with Crippen molar-refractivity contribution in [1.82, 2.24) is 5.43 Å². The molecule has 3 aromatic rings. The highest BCUT2D eigenvalue weighted by atomic mass is 35.5. The monoisotopic (exact) mass is 464 g/mol. The summed E-state index contributed by atoms with van der Waals surface area (Å²) in [7, 11) is 0. The molecule has 0 fully saturated rings. The Kier molecular flexibility index (Phi) is 8.22. The molecule has 0 spiro atoms. The third kappa shape index (κ3) is 6.92. The van der Waals surface area contributed by atoms with Gasteiger partial charge in [-0.15, -0.1) is 0 Å². The summed E-state index contributed by atoms with van der Waals surface area (Å²) in [5.74, 6) is 0.410. The summed E-state index contributed by atoms with van der Waals surface area (Å²) < 4.78 is 11.1. The molecule has 0 radical (unpaired) electrons. The van der Waals surface area contributed by atoms with Crippen LogP contribution in [0.2, 0.25) is 5.02 Å². The molecule has 0 atom stereocenters. The lowest BCUT2D eigenvalue weighted by Crippen LogP contribution is -2.24. The maximum absolute atomic E-state index is 12.4. The molecule has 1 amide bonds. The first-order valence-corrected chi connectivity index (χ1v) is 10.8. The van der Waals surface area contributed by atoms with Crippen molar-refractivity contribution in [3.05, 3.63) is 94.0 Å². The number of esters is 1. The van der Waals surface area contributed by atoms with Gasteiger partial charge in [-0.1, -0.05) is 49.7 Å². The van der Waals surface area contributed by atoms with E-state index in [4.69, 9.17) is 21.1 Å². The van der Waals surface area contributed by atoms with Crippen molar-refractivity contribution in [2.24, 2.45) is 5.10 Å². The minimum atomic E-state index is -0.524.